The van der Waals surface area contributed by atoms with Crippen LogP contribution in [0.1, 0.15) is 0 Å². The van der Waals surface area contributed by atoms with Gasteiger partial charge < -0.3 is 17.5 Å². The van der Waals surface area contributed by atoms with Gasteiger partial charge in [0.2, 0.25) is 0 Å². The molecule has 0 aliphatic heterocycles. The second kappa shape index (κ2) is 10.8. The van der Waals surface area contributed by atoms with Crippen LogP contribution in [-0.4, -0.2) is 17.5 Å². The number of benzene rings is 1. The molecule has 2 rings (SSSR count). The summed E-state index contributed by atoms with van der Waals surface area (Å²) in [6.07, 6.45) is -13.1. The van der Waals surface area contributed by atoms with Gasteiger partial charge >= 0.3 is 33.4 Å². The van der Waals surface area contributed by atoms with Crippen molar-refractivity contribution in [1.29, 1.82) is 0 Å². The smallest absolute Gasteiger partial charge is 0.686 e. The summed E-state index contributed by atoms with van der Waals surface area (Å²) in [7, 11) is 0. The van der Waals surface area contributed by atoms with Crippen LogP contribution in [-0.2, 0) is 53.8 Å². The molecule has 0 spiro atoms. The number of para-hydroxylation sites is 1. The van der Waals surface area contributed by atoms with Crippen LogP contribution in [0.15, 0.2) is 30.5 Å². The average molecular weight is 570 g/mol. The number of aliphatic hydroxyl groups excluding tert-OH is 1. The molecule has 22 heavy (non-hydrogen) atoms. The minimum absolute atomic E-state index is 0. The molecule has 1 N–H and O–H groups in total. The molecule has 0 bridgehead atoms. The predicted molar refractivity (Wildman–Crippen MR) is 59.8 cm³/mol. The van der Waals surface area contributed by atoms with Gasteiger partial charge in [0.1, 0.15) is 0 Å². The van der Waals surface area contributed by atoms with Crippen molar-refractivity contribution >= 4 is 10.9 Å². The summed E-state index contributed by atoms with van der Waals surface area (Å²) in [6.45, 7) is 0. The van der Waals surface area contributed by atoms with Crippen molar-refractivity contribution in [2.75, 3.05) is 0 Å². The molecule has 0 unspecified atom stereocenters. The molecule has 1 aromatic heterocycles. The van der Waals surface area contributed by atoms with E-state index in [-0.39, 0.29) is 61.2 Å². The van der Waals surface area contributed by atoms with E-state index in [0.29, 0.717) is 0 Å². The second-order valence-electron chi connectivity index (χ2n) is 3.26. The maximum Gasteiger partial charge on any atom is 2.00 e. The Hall–Kier alpha value is 0.0922. The van der Waals surface area contributed by atoms with E-state index in [1.807, 2.05) is 24.3 Å². The molecule has 0 amide bonds. The van der Waals surface area contributed by atoms with Crippen LogP contribution in [0.25, 0.3) is 10.9 Å². The first kappa shape index (κ1) is 27.0. The van der Waals surface area contributed by atoms with Gasteiger partial charge in [-0.15, -0.1) is 6.07 Å². The molecule has 2 aromatic rings. The van der Waals surface area contributed by atoms with Crippen LogP contribution in [0.4, 0.5) is 26.3 Å². The fraction of sp³-hybridized carbons (Fsp3) is 0.167. The number of alkyl halides is 6. The number of fused-ring (bicyclic) bond motifs is 1. The van der Waals surface area contributed by atoms with E-state index in [9.17, 15) is 26.3 Å². The molecule has 0 aliphatic carbocycles. The molecule has 1 aromatic carbocycles. The van der Waals surface area contributed by atoms with Crippen molar-refractivity contribution in [1.82, 2.24) is 4.98 Å². The van der Waals surface area contributed by atoms with E-state index in [2.05, 4.69) is 11.1 Å². The molecular formula is C12H9F6NOWY-2. The van der Waals surface area contributed by atoms with Gasteiger partial charge in [-0.05, 0) is 0 Å². The first-order chi connectivity index (χ1) is 8.62. The van der Waals surface area contributed by atoms with Gasteiger partial charge in [-0.1, -0.05) is 0 Å². The third kappa shape index (κ3) is 8.65. The van der Waals surface area contributed by atoms with E-state index in [1.54, 1.807) is 6.20 Å². The van der Waals surface area contributed by atoms with Gasteiger partial charge in [-0.25, -0.2) is 26.3 Å². The Labute approximate surface area is 162 Å². The van der Waals surface area contributed by atoms with Crippen LogP contribution in [0.5, 0.6) is 0 Å². The second-order valence-corrected chi connectivity index (χ2v) is 3.26. The Morgan fingerprint density at radius 2 is 1.55 bits per heavy atom. The molecule has 0 saturated carbocycles. The van der Waals surface area contributed by atoms with Crippen LogP contribution in [0, 0.1) is 19.6 Å². The molecule has 121 valence electrons. The number of hydrogen-bond acceptors (Lipinski definition) is 1. The van der Waals surface area contributed by atoms with E-state index < -0.39 is 18.5 Å². The maximum atomic E-state index is 10.9. The Morgan fingerprint density at radius 1 is 1.05 bits per heavy atom. The zero-order valence-corrected chi connectivity index (χ0v) is 16.8. The number of aliphatic hydroxyl groups is 1. The van der Waals surface area contributed by atoms with E-state index in [1.165, 1.54) is 0 Å². The van der Waals surface area contributed by atoms with E-state index in [0.717, 1.165) is 10.9 Å². The Bertz CT molecular complexity index is 484. The molecule has 1 radical (unpaired) electrons. The maximum absolute atomic E-state index is 10.9. The fourth-order valence-electron chi connectivity index (χ4n) is 1.04. The predicted octanol–water partition coefficient (Wildman–Crippen LogP) is 4.06. The van der Waals surface area contributed by atoms with Crippen LogP contribution in [0.2, 0.25) is 0 Å². The van der Waals surface area contributed by atoms with Gasteiger partial charge in [0.15, 0.2) is 0 Å². The summed E-state index contributed by atoms with van der Waals surface area (Å²) in [5.74, 6) is 0. The van der Waals surface area contributed by atoms with Crippen molar-refractivity contribution < 1.29 is 85.2 Å². The minimum atomic E-state index is -5.71. The molecule has 2 nitrogen and oxygen atoms in total. The summed E-state index contributed by atoms with van der Waals surface area (Å²) in [6, 6.07) is 10.9. The molecule has 0 saturated heterocycles. The third-order valence-corrected chi connectivity index (χ3v) is 1.86. The average Bonchev–Trinajstić information content (AvgIpc) is 2.74. The summed E-state index contributed by atoms with van der Waals surface area (Å²) in [5, 5.41) is 8.55. The van der Waals surface area contributed by atoms with Crippen LogP contribution >= 0.6 is 0 Å². The Kier molecular flexibility index (Phi) is 13.2. The van der Waals surface area contributed by atoms with Crippen molar-refractivity contribution in [2.45, 2.75) is 12.4 Å². The zero-order valence-electron chi connectivity index (χ0n) is 11.0. The van der Waals surface area contributed by atoms with Gasteiger partial charge in [-0.3, -0.25) is 5.52 Å². The van der Waals surface area contributed by atoms with E-state index >= 15 is 0 Å². The number of rotatable bonds is 0. The minimum Gasteiger partial charge on any atom is -0.686 e. The summed E-state index contributed by atoms with van der Waals surface area (Å²) >= 11 is 0. The van der Waals surface area contributed by atoms with E-state index in [4.69, 9.17) is 5.11 Å². The summed E-state index contributed by atoms with van der Waals surface area (Å²) in [5.41, 5.74) is 0.956. The zero-order chi connectivity index (χ0) is 14.7. The number of hydrogen-bond donors (Lipinski definition) is 1. The number of halogens is 6. The summed E-state index contributed by atoms with van der Waals surface area (Å²) < 4.78 is 65.6. The molecule has 0 fully saturated rings. The van der Waals surface area contributed by atoms with Crippen molar-refractivity contribution in [3.63, 3.8) is 0 Å². The van der Waals surface area contributed by atoms with Crippen molar-refractivity contribution in [2.24, 2.45) is 0 Å². The molecule has 0 aliphatic rings. The standard InChI is InChI=1S/C8H5N.C3HF6O.CH3.W.Y/c1-2-4-8-7(3-1)5-6-9-8;4-2(5,6)1(10)3(7,8)9;;;/h1-3,5-6H;10H;1H3;;/q-2;2*-1;+2;. The van der Waals surface area contributed by atoms with Gasteiger partial charge in [-0.2, -0.15) is 35.8 Å². The first-order valence-corrected chi connectivity index (χ1v) is 4.71. The Balaban J connectivity index is -0.000000289. The van der Waals surface area contributed by atoms with Crippen molar-refractivity contribution in [3.05, 3.63) is 50.1 Å². The van der Waals surface area contributed by atoms with Crippen LogP contribution in [0.3, 0.4) is 0 Å². The fourth-order valence-corrected chi connectivity index (χ4v) is 1.04. The molecule has 0 atom stereocenters. The normalized spacial score (nSPS) is 10.7. The first-order valence-electron chi connectivity index (χ1n) is 4.71. The quantitative estimate of drug-likeness (QED) is 0.384. The topological polar surface area (TPSA) is 34.3 Å². The molecule has 1 heterocycles. The number of nitrogens with zero attached hydrogens (tertiary/aromatic N) is 1. The molecule has 10 heteroatoms. The van der Waals surface area contributed by atoms with Crippen molar-refractivity contribution in [3.8, 4) is 0 Å². The number of aromatic nitrogens is 1. The largest absolute Gasteiger partial charge is 2.00 e. The van der Waals surface area contributed by atoms with Gasteiger partial charge in [0, 0.05) is 38.8 Å². The van der Waals surface area contributed by atoms with Crippen LogP contribution < -0.4 is 4.98 Å². The van der Waals surface area contributed by atoms with Gasteiger partial charge in [0.05, 0.1) is 0 Å². The third-order valence-electron chi connectivity index (χ3n) is 1.86. The van der Waals surface area contributed by atoms with Gasteiger partial charge in [0.25, 0.3) is 0 Å². The summed E-state index contributed by atoms with van der Waals surface area (Å²) in [4.78, 5) is 4.06. The SMILES string of the molecule is O[C-](C(F)(F)F)C(F)(F)F.[CH3-].[W+2].[Y].[c-]1cccc2cc[n-]c12. The molecular weight excluding hydrogens is 561 g/mol. The monoisotopic (exact) mass is 570 g/mol. The Morgan fingerprint density at radius 3 is 1.91 bits per heavy atom.